The molecule has 130 valence electrons. The Morgan fingerprint density at radius 2 is 2.00 bits per heavy atom. The van der Waals surface area contributed by atoms with E-state index in [0.29, 0.717) is 6.54 Å². The molecule has 1 unspecified atom stereocenters. The summed E-state index contributed by atoms with van der Waals surface area (Å²) >= 11 is 3.31. The van der Waals surface area contributed by atoms with Crippen LogP contribution in [0.15, 0.2) is 23.6 Å². The number of carbonyl (C=O) groups excluding carboxylic acids is 2. The molecule has 0 saturated carbocycles. The highest BCUT2D eigenvalue weighted by molar-refractivity contribution is 7.12. The smallest absolute Gasteiger partial charge is 0.220 e. The van der Waals surface area contributed by atoms with Crippen LogP contribution in [0.1, 0.15) is 43.9 Å². The molecule has 0 aliphatic carbocycles. The zero-order valence-corrected chi connectivity index (χ0v) is 16.2. The van der Waals surface area contributed by atoms with Gasteiger partial charge in [0.1, 0.15) is 0 Å². The number of likely N-dealkylation sites (N-methyl/N-ethyl adjacent to an activating group) is 1. The first-order chi connectivity index (χ1) is 11.4. The number of nitrogens with zero attached hydrogens (tertiary/aromatic N) is 1. The zero-order chi connectivity index (χ0) is 17.7. The van der Waals surface area contributed by atoms with Crippen LogP contribution >= 0.6 is 22.7 Å². The Kier molecular flexibility index (Phi) is 6.71. The standard InChI is InChI=1S/C18H24N2O2S2/c1-12-10-14(13(2)24-12)16(21)7-8-18(22)19-11-15(20(3)4)17-6-5-9-23-17/h5-6,9-10,15H,7-8,11H2,1-4H3,(H,19,22). The molecule has 4 nitrogen and oxygen atoms in total. The van der Waals surface area contributed by atoms with Gasteiger partial charge in [-0.3, -0.25) is 9.59 Å². The van der Waals surface area contributed by atoms with E-state index in [1.165, 1.54) is 4.88 Å². The predicted molar refractivity (Wildman–Crippen MR) is 101 cm³/mol. The average molecular weight is 365 g/mol. The third-order valence-corrected chi connectivity index (χ3v) is 5.85. The Bertz CT molecular complexity index is 690. The number of amides is 1. The van der Waals surface area contributed by atoms with Crippen LogP contribution in [0.5, 0.6) is 0 Å². The minimum atomic E-state index is -0.0728. The molecular formula is C18H24N2O2S2. The molecule has 0 spiro atoms. The van der Waals surface area contributed by atoms with Gasteiger partial charge in [-0.2, -0.15) is 0 Å². The maximum absolute atomic E-state index is 12.2. The predicted octanol–water partition coefficient (Wildman–Crippen LogP) is 3.81. The number of thiophene rings is 2. The molecule has 2 aromatic rings. The summed E-state index contributed by atoms with van der Waals surface area (Å²) in [5, 5.41) is 4.99. The van der Waals surface area contributed by atoms with E-state index in [9.17, 15) is 9.59 Å². The van der Waals surface area contributed by atoms with Gasteiger partial charge in [0.15, 0.2) is 5.78 Å². The van der Waals surface area contributed by atoms with Gasteiger partial charge in [0.05, 0.1) is 6.04 Å². The van der Waals surface area contributed by atoms with E-state index in [1.54, 1.807) is 22.7 Å². The Morgan fingerprint density at radius 1 is 1.25 bits per heavy atom. The van der Waals surface area contributed by atoms with E-state index < -0.39 is 0 Å². The lowest BCUT2D eigenvalue weighted by molar-refractivity contribution is -0.121. The van der Waals surface area contributed by atoms with Crippen LogP contribution in [0.2, 0.25) is 0 Å². The summed E-state index contributed by atoms with van der Waals surface area (Å²) < 4.78 is 0. The zero-order valence-electron chi connectivity index (χ0n) is 14.6. The number of hydrogen-bond donors (Lipinski definition) is 1. The van der Waals surface area contributed by atoms with E-state index >= 15 is 0 Å². The fourth-order valence-corrected chi connectivity index (χ4v) is 4.45. The normalized spacial score (nSPS) is 12.4. The van der Waals surface area contributed by atoms with Crippen molar-refractivity contribution in [3.8, 4) is 0 Å². The van der Waals surface area contributed by atoms with E-state index in [4.69, 9.17) is 0 Å². The van der Waals surface area contributed by atoms with Gasteiger partial charge < -0.3 is 10.2 Å². The Balaban J connectivity index is 1.82. The number of Topliss-reactive ketones (excluding diaryl/α,β-unsaturated/α-hetero) is 1. The number of aryl methyl sites for hydroxylation is 2. The van der Waals surface area contributed by atoms with E-state index in [0.717, 1.165) is 15.3 Å². The topological polar surface area (TPSA) is 49.4 Å². The number of nitrogens with one attached hydrogen (secondary N) is 1. The molecule has 0 fully saturated rings. The molecule has 2 aromatic heterocycles. The Labute approximate surface area is 151 Å². The van der Waals surface area contributed by atoms with E-state index in [-0.39, 0.29) is 30.6 Å². The largest absolute Gasteiger partial charge is 0.354 e. The van der Waals surface area contributed by atoms with Gasteiger partial charge in [0.2, 0.25) is 5.91 Å². The molecule has 0 bridgehead atoms. The first-order valence-electron chi connectivity index (χ1n) is 7.95. The lowest BCUT2D eigenvalue weighted by Gasteiger charge is -2.23. The number of ketones is 1. The van der Waals surface area contributed by atoms with Gasteiger partial charge in [-0.1, -0.05) is 6.07 Å². The van der Waals surface area contributed by atoms with Crippen LogP contribution in [0, 0.1) is 13.8 Å². The second-order valence-electron chi connectivity index (χ2n) is 6.05. The molecule has 6 heteroatoms. The second-order valence-corrected chi connectivity index (χ2v) is 8.49. The van der Waals surface area contributed by atoms with Gasteiger partial charge >= 0.3 is 0 Å². The number of hydrogen-bond acceptors (Lipinski definition) is 5. The highest BCUT2D eigenvalue weighted by atomic mass is 32.1. The molecule has 0 aliphatic heterocycles. The molecule has 1 N–H and O–H groups in total. The van der Waals surface area contributed by atoms with Gasteiger partial charge in [0.25, 0.3) is 0 Å². The Morgan fingerprint density at radius 3 is 2.54 bits per heavy atom. The minimum absolute atomic E-state index is 0.0504. The molecule has 2 heterocycles. The molecular weight excluding hydrogens is 340 g/mol. The minimum Gasteiger partial charge on any atom is -0.354 e. The third-order valence-electron chi connectivity index (χ3n) is 3.91. The highest BCUT2D eigenvalue weighted by Crippen LogP contribution is 2.23. The number of rotatable bonds is 8. The van der Waals surface area contributed by atoms with Crippen LogP contribution in [0.3, 0.4) is 0 Å². The third kappa shape index (κ3) is 5.00. The summed E-state index contributed by atoms with van der Waals surface area (Å²) in [7, 11) is 4.00. The van der Waals surface area contributed by atoms with E-state index in [2.05, 4.69) is 16.3 Å². The molecule has 0 aromatic carbocycles. The van der Waals surface area contributed by atoms with Crippen molar-refractivity contribution in [3.63, 3.8) is 0 Å². The lowest BCUT2D eigenvalue weighted by Crippen LogP contribution is -2.34. The molecule has 24 heavy (non-hydrogen) atoms. The maximum Gasteiger partial charge on any atom is 0.220 e. The van der Waals surface area contributed by atoms with Crippen LogP contribution in [-0.4, -0.2) is 37.2 Å². The summed E-state index contributed by atoms with van der Waals surface area (Å²) in [5.41, 5.74) is 0.759. The van der Waals surface area contributed by atoms with Crippen LogP contribution in [-0.2, 0) is 4.79 Å². The second kappa shape index (κ2) is 8.55. The maximum atomic E-state index is 12.2. The van der Waals surface area contributed by atoms with Crippen molar-refractivity contribution in [2.24, 2.45) is 0 Å². The monoisotopic (exact) mass is 364 g/mol. The fourth-order valence-electron chi connectivity index (χ4n) is 2.59. The van der Waals surface area contributed by atoms with E-state index in [1.807, 2.05) is 45.5 Å². The molecule has 2 rings (SSSR count). The van der Waals surface area contributed by atoms with Gasteiger partial charge in [0, 0.05) is 39.6 Å². The summed E-state index contributed by atoms with van der Waals surface area (Å²) in [4.78, 5) is 29.8. The van der Waals surface area contributed by atoms with Gasteiger partial charge in [-0.25, -0.2) is 0 Å². The fraction of sp³-hybridized carbons (Fsp3) is 0.444. The average Bonchev–Trinajstić information content (AvgIpc) is 3.14. The highest BCUT2D eigenvalue weighted by Gasteiger charge is 2.17. The van der Waals surface area contributed by atoms with Crippen molar-refractivity contribution in [1.82, 2.24) is 10.2 Å². The molecule has 0 radical (unpaired) electrons. The summed E-state index contributed by atoms with van der Waals surface area (Å²) in [5.74, 6) is -0.0224. The first kappa shape index (κ1) is 18.8. The van der Waals surface area contributed by atoms with Crippen molar-refractivity contribution >= 4 is 34.4 Å². The molecule has 1 amide bonds. The van der Waals surface area contributed by atoms with Gasteiger partial charge in [-0.05, 0) is 45.5 Å². The quantitative estimate of drug-likeness (QED) is 0.725. The van der Waals surface area contributed by atoms with Crippen molar-refractivity contribution < 1.29 is 9.59 Å². The van der Waals surface area contributed by atoms with Crippen LogP contribution < -0.4 is 5.32 Å². The first-order valence-corrected chi connectivity index (χ1v) is 9.65. The molecule has 0 aliphatic rings. The SMILES string of the molecule is Cc1cc(C(=O)CCC(=O)NCC(c2cccs2)N(C)C)c(C)s1. The van der Waals surface area contributed by atoms with Crippen LogP contribution in [0.25, 0.3) is 0 Å². The molecule has 1 atom stereocenters. The molecule has 0 saturated heterocycles. The van der Waals surface area contributed by atoms with Crippen molar-refractivity contribution in [3.05, 3.63) is 43.8 Å². The van der Waals surface area contributed by atoms with Crippen LogP contribution in [0.4, 0.5) is 0 Å². The van der Waals surface area contributed by atoms with Crippen molar-refractivity contribution in [2.75, 3.05) is 20.6 Å². The summed E-state index contributed by atoms with van der Waals surface area (Å²) in [6, 6.07) is 6.17. The van der Waals surface area contributed by atoms with Gasteiger partial charge in [-0.15, -0.1) is 22.7 Å². The summed E-state index contributed by atoms with van der Waals surface area (Å²) in [6.45, 7) is 4.50. The summed E-state index contributed by atoms with van der Waals surface area (Å²) in [6.07, 6.45) is 0.492. The van der Waals surface area contributed by atoms with Crippen molar-refractivity contribution in [1.29, 1.82) is 0 Å². The lowest BCUT2D eigenvalue weighted by atomic mass is 10.1. The Hall–Kier alpha value is -1.50. The number of carbonyl (C=O) groups is 2. The van der Waals surface area contributed by atoms with Crippen molar-refractivity contribution in [2.45, 2.75) is 32.7 Å².